The van der Waals surface area contributed by atoms with Gasteiger partial charge < -0.3 is 20.9 Å². The third kappa shape index (κ3) is 3.83. The van der Waals surface area contributed by atoms with E-state index < -0.39 is 11.3 Å². The standard InChI is InChI=1S/C22H20N6O2/c1-24-21(30)18-13-28(12-14-5-3-2-4-6-14)20-17(19(18)29)11-25-22(27-20)26-16-9-7-15(23)8-10-16/h2-11,13H,12,23H2,1H3,(H,24,30)(H,25,26,27). The largest absolute Gasteiger partial charge is 0.399 e. The van der Waals surface area contributed by atoms with Crippen LogP contribution in [0.15, 0.2) is 71.8 Å². The van der Waals surface area contributed by atoms with Crippen LogP contribution in [0.4, 0.5) is 17.3 Å². The van der Waals surface area contributed by atoms with Gasteiger partial charge in [-0.25, -0.2) is 4.98 Å². The average Bonchev–Trinajstić information content (AvgIpc) is 2.77. The van der Waals surface area contributed by atoms with Crippen LogP contribution >= 0.6 is 0 Å². The summed E-state index contributed by atoms with van der Waals surface area (Å²) in [5.41, 5.74) is 8.22. The van der Waals surface area contributed by atoms with E-state index in [0.717, 1.165) is 11.3 Å². The molecular formula is C22H20N6O2. The highest BCUT2D eigenvalue weighted by molar-refractivity contribution is 5.96. The molecule has 150 valence electrons. The number of pyridine rings is 1. The van der Waals surface area contributed by atoms with Crippen molar-refractivity contribution in [2.75, 3.05) is 18.1 Å². The van der Waals surface area contributed by atoms with Gasteiger partial charge in [0.05, 0.1) is 5.39 Å². The normalized spacial score (nSPS) is 10.7. The van der Waals surface area contributed by atoms with Gasteiger partial charge in [0, 0.05) is 37.4 Å². The first-order valence-corrected chi connectivity index (χ1v) is 9.34. The summed E-state index contributed by atoms with van der Waals surface area (Å²) >= 11 is 0. The van der Waals surface area contributed by atoms with Crippen LogP contribution in [0.2, 0.25) is 0 Å². The molecule has 0 atom stereocenters. The second-order valence-electron chi connectivity index (χ2n) is 6.74. The maximum absolute atomic E-state index is 12.9. The van der Waals surface area contributed by atoms with E-state index in [2.05, 4.69) is 20.6 Å². The summed E-state index contributed by atoms with van der Waals surface area (Å²) in [6.07, 6.45) is 2.98. The molecule has 2 heterocycles. The number of hydrogen-bond donors (Lipinski definition) is 3. The summed E-state index contributed by atoms with van der Waals surface area (Å²) in [5, 5.41) is 5.89. The average molecular weight is 400 g/mol. The molecule has 0 saturated carbocycles. The number of nitrogens with two attached hydrogens (primary N) is 1. The van der Waals surface area contributed by atoms with Gasteiger partial charge in [-0.3, -0.25) is 9.59 Å². The van der Waals surface area contributed by atoms with Crippen LogP contribution in [0.3, 0.4) is 0 Å². The maximum Gasteiger partial charge on any atom is 0.256 e. The van der Waals surface area contributed by atoms with Gasteiger partial charge in [-0.15, -0.1) is 0 Å². The van der Waals surface area contributed by atoms with E-state index in [1.54, 1.807) is 16.7 Å². The van der Waals surface area contributed by atoms with Crippen LogP contribution in [0.25, 0.3) is 11.0 Å². The molecule has 4 aromatic rings. The number of fused-ring (bicyclic) bond motifs is 1. The van der Waals surface area contributed by atoms with Gasteiger partial charge in [0.15, 0.2) is 0 Å². The van der Waals surface area contributed by atoms with E-state index >= 15 is 0 Å². The molecule has 4 rings (SSSR count). The van der Waals surface area contributed by atoms with Crippen molar-refractivity contribution < 1.29 is 4.79 Å². The van der Waals surface area contributed by atoms with E-state index in [1.165, 1.54) is 19.4 Å². The van der Waals surface area contributed by atoms with Crippen LogP contribution in [0.5, 0.6) is 0 Å². The number of aromatic nitrogens is 3. The first-order chi connectivity index (χ1) is 14.5. The molecule has 2 aromatic carbocycles. The lowest BCUT2D eigenvalue weighted by Crippen LogP contribution is -2.27. The summed E-state index contributed by atoms with van der Waals surface area (Å²) in [5.74, 6) is -0.117. The first-order valence-electron chi connectivity index (χ1n) is 9.34. The van der Waals surface area contributed by atoms with E-state index in [0.29, 0.717) is 23.8 Å². The van der Waals surface area contributed by atoms with Crippen LogP contribution in [0.1, 0.15) is 15.9 Å². The molecule has 0 aliphatic carbocycles. The molecule has 0 aliphatic heterocycles. The highest BCUT2D eigenvalue weighted by atomic mass is 16.2. The van der Waals surface area contributed by atoms with Gasteiger partial charge in [-0.1, -0.05) is 30.3 Å². The molecule has 8 heteroatoms. The molecule has 0 aliphatic rings. The molecule has 30 heavy (non-hydrogen) atoms. The molecule has 0 fully saturated rings. The number of carbonyl (C=O) groups excluding carboxylic acids is 1. The van der Waals surface area contributed by atoms with Gasteiger partial charge in [0.2, 0.25) is 11.4 Å². The fourth-order valence-electron chi connectivity index (χ4n) is 3.13. The topological polar surface area (TPSA) is 115 Å². The zero-order valence-corrected chi connectivity index (χ0v) is 16.3. The summed E-state index contributed by atoms with van der Waals surface area (Å²) < 4.78 is 1.78. The number of carbonyl (C=O) groups is 1. The van der Waals surface area contributed by atoms with Crippen LogP contribution in [0, 0.1) is 0 Å². The molecule has 0 spiro atoms. The number of benzene rings is 2. The van der Waals surface area contributed by atoms with Crippen molar-refractivity contribution in [3.8, 4) is 0 Å². The Labute approximate surface area is 172 Å². The lowest BCUT2D eigenvalue weighted by molar-refractivity contribution is 0.0961. The summed E-state index contributed by atoms with van der Waals surface area (Å²) in [7, 11) is 1.49. The van der Waals surface area contributed by atoms with Crippen molar-refractivity contribution in [2.24, 2.45) is 0 Å². The van der Waals surface area contributed by atoms with Crippen molar-refractivity contribution in [2.45, 2.75) is 6.54 Å². The third-order valence-corrected chi connectivity index (χ3v) is 4.65. The molecule has 2 aromatic heterocycles. The van der Waals surface area contributed by atoms with E-state index in [9.17, 15) is 9.59 Å². The monoisotopic (exact) mass is 400 g/mol. The van der Waals surface area contributed by atoms with E-state index in [1.807, 2.05) is 42.5 Å². The highest BCUT2D eigenvalue weighted by Gasteiger charge is 2.16. The van der Waals surface area contributed by atoms with Crippen molar-refractivity contribution in [3.63, 3.8) is 0 Å². The van der Waals surface area contributed by atoms with Gasteiger partial charge in [-0.05, 0) is 29.8 Å². The molecule has 1 amide bonds. The smallest absolute Gasteiger partial charge is 0.256 e. The molecule has 8 nitrogen and oxygen atoms in total. The predicted molar refractivity (Wildman–Crippen MR) is 117 cm³/mol. The number of rotatable bonds is 5. The Morgan fingerprint density at radius 3 is 2.53 bits per heavy atom. The van der Waals surface area contributed by atoms with Crippen LogP contribution in [-0.2, 0) is 6.54 Å². The first kappa shape index (κ1) is 19.1. The lowest BCUT2D eigenvalue weighted by atomic mass is 10.1. The summed E-state index contributed by atoms with van der Waals surface area (Å²) in [4.78, 5) is 33.9. The molecule has 0 saturated heterocycles. The Bertz CT molecular complexity index is 1270. The number of nitrogens with zero attached hydrogens (tertiary/aromatic N) is 3. The predicted octanol–water partition coefficient (Wildman–Crippen LogP) is 2.53. The number of hydrogen-bond acceptors (Lipinski definition) is 6. The number of anilines is 3. The van der Waals surface area contributed by atoms with Crippen molar-refractivity contribution >= 4 is 34.3 Å². The van der Waals surface area contributed by atoms with Crippen LogP contribution in [-0.4, -0.2) is 27.5 Å². The second kappa shape index (κ2) is 8.04. The molecule has 0 bridgehead atoms. The van der Waals surface area contributed by atoms with E-state index in [4.69, 9.17) is 5.73 Å². The zero-order valence-electron chi connectivity index (χ0n) is 16.3. The number of nitrogens with one attached hydrogen (secondary N) is 2. The zero-order chi connectivity index (χ0) is 21.1. The molecular weight excluding hydrogens is 380 g/mol. The van der Waals surface area contributed by atoms with Crippen molar-refractivity contribution in [1.29, 1.82) is 0 Å². The van der Waals surface area contributed by atoms with Crippen molar-refractivity contribution in [1.82, 2.24) is 19.9 Å². The molecule has 4 N–H and O–H groups in total. The fourth-order valence-corrected chi connectivity index (χ4v) is 3.13. The summed E-state index contributed by atoms with van der Waals surface area (Å²) in [6.45, 7) is 0.444. The maximum atomic E-state index is 12.9. The van der Waals surface area contributed by atoms with Gasteiger partial charge in [0.25, 0.3) is 5.91 Å². The minimum absolute atomic E-state index is 0.0452. The minimum Gasteiger partial charge on any atom is -0.399 e. The van der Waals surface area contributed by atoms with Crippen LogP contribution < -0.4 is 21.8 Å². The Kier molecular flexibility index (Phi) is 5.13. The lowest BCUT2D eigenvalue weighted by Gasteiger charge is -2.13. The third-order valence-electron chi connectivity index (χ3n) is 4.65. The Hall–Kier alpha value is -4.20. The Morgan fingerprint density at radius 2 is 1.83 bits per heavy atom. The summed E-state index contributed by atoms with van der Waals surface area (Å²) in [6, 6.07) is 16.9. The van der Waals surface area contributed by atoms with Gasteiger partial charge in [-0.2, -0.15) is 4.98 Å². The van der Waals surface area contributed by atoms with Crippen molar-refractivity contribution in [3.05, 3.63) is 88.3 Å². The van der Waals surface area contributed by atoms with Gasteiger partial charge in [0.1, 0.15) is 11.2 Å². The van der Waals surface area contributed by atoms with Gasteiger partial charge >= 0.3 is 0 Å². The number of nitrogen functional groups attached to an aromatic ring is 1. The fraction of sp³-hybridized carbons (Fsp3) is 0.0909. The SMILES string of the molecule is CNC(=O)c1cn(Cc2ccccc2)c2nc(Nc3ccc(N)cc3)ncc2c1=O. The number of amides is 1. The quantitative estimate of drug-likeness (QED) is 0.444. The second-order valence-corrected chi connectivity index (χ2v) is 6.74. The molecule has 0 unspecified atom stereocenters. The minimum atomic E-state index is -0.451. The highest BCUT2D eigenvalue weighted by Crippen LogP contribution is 2.18. The molecule has 0 radical (unpaired) electrons. The Balaban J connectivity index is 1.83. The Morgan fingerprint density at radius 1 is 1.10 bits per heavy atom. The van der Waals surface area contributed by atoms with E-state index in [-0.39, 0.29) is 10.9 Å².